The van der Waals surface area contributed by atoms with Crippen molar-refractivity contribution in [1.29, 1.82) is 0 Å². The highest BCUT2D eigenvalue weighted by Gasteiger charge is 2.44. The first kappa shape index (κ1) is 55.4. The number of ketones is 2. The summed E-state index contributed by atoms with van der Waals surface area (Å²) in [5, 5.41) is 5.71. The van der Waals surface area contributed by atoms with Gasteiger partial charge in [0.15, 0.2) is 17.3 Å². The highest BCUT2D eigenvalue weighted by atomic mass is 32.2. The smallest absolute Gasteiger partial charge is 0.265 e. The van der Waals surface area contributed by atoms with E-state index in [1.807, 2.05) is 86.3 Å². The molecule has 78 heavy (non-hydrogen) atoms. The molecule has 4 amide bonds. The van der Waals surface area contributed by atoms with Crippen LogP contribution in [0.15, 0.2) is 91.0 Å². The number of fused-ring (bicyclic) bond motifs is 8. The fourth-order valence-electron chi connectivity index (χ4n) is 11.4. The van der Waals surface area contributed by atoms with E-state index in [4.69, 9.17) is 14.2 Å². The number of anilines is 3. The van der Waals surface area contributed by atoms with Gasteiger partial charge in [-0.15, -0.1) is 0 Å². The van der Waals surface area contributed by atoms with Crippen molar-refractivity contribution in [2.45, 2.75) is 130 Å². The number of nitrogens with zero attached hydrogens (tertiary/aromatic N) is 2. The van der Waals surface area contributed by atoms with Crippen LogP contribution in [0.25, 0.3) is 0 Å². The van der Waals surface area contributed by atoms with E-state index in [0.29, 0.717) is 77.0 Å². The molecule has 4 aliphatic rings. The molecule has 1 unspecified atom stereocenters. The van der Waals surface area contributed by atoms with Crippen molar-refractivity contribution >= 4 is 62.4 Å². The average molecular weight is 1080 g/mol. The van der Waals surface area contributed by atoms with Crippen molar-refractivity contribution in [3.8, 4) is 17.2 Å². The molecule has 4 aliphatic heterocycles. The summed E-state index contributed by atoms with van der Waals surface area (Å²) in [4.78, 5) is 84.0. The number of aryl methyl sites for hydroxylation is 2. The lowest BCUT2D eigenvalue weighted by Gasteiger charge is -2.28. The lowest BCUT2D eigenvalue weighted by atomic mass is 9.91. The van der Waals surface area contributed by atoms with Crippen LogP contribution in [0.4, 0.5) is 17.1 Å². The number of carbonyl (C=O) groups excluding carboxylic acids is 6. The zero-order chi connectivity index (χ0) is 55.6. The summed E-state index contributed by atoms with van der Waals surface area (Å²) in [6.07, 6.45) is 4.40. The van der Waals surface area contributed by atoms with Crippen LogP contribution in [0.2, 0.25) is 0 Å². The van der Waals surface area contributed by atoms with Gasteiger partial charge in [-0.2, -0.15) is 8.42 Å². The second-order valence-electron chi connectivity index (χ2n) is 21.7. The molecular formula is C61H68N4O12S. The Balaban J connectivity index is 0.943. The van der Waals surface area contributed by atoms with Crippen LogP contribution in [0.5, 0.6) is 17.2 Å². The number of Topliss-reactive ketones (excluding diaryl/α,β-unsaturated/α-hetero) is 2. The number of rotatable bonds is 21. The van der Waals surface area contributed by atoms with E-state index in [-0.39, 0.29) is 85.2 Å². The number of hydrogen-bond donors (Lipinski definition) is 3. The molecule has 0 aromatic heterocycles. The lowest BCUT2D eigenvalue weighted by Crippen LogP contribution is -2.43. The van der Waals surface area contributed by atoms with Gasteiger partial charge in [0.2, 0.25) is 11.8 Å². The molecule has 16 nitrogen and oxygen atoms in total. The second kappa shape index (κ2) is 23.3. The SMILES string of the molecule is COc1cc2c(cc1OCc1cc(COc3cc4c(cc3C)C(=O)N3c5ccccc5C[C@H]3CC4)cc(NC(=O)[C@H](C)CC(=O)[C@H](C)NC(=O)CCCCC(=O)C(C)C)c1)CC(CS(=O)(=O)O)[C@@H]1Cc3ccccc3N1C2=O. The molecule has 0 bridgehead atoms. The zero-order valence-electron chi connectivity index (χ0n) is 45.1. The number of unbranched alkanes of at least 4 members (excludes halogenated alkanes) is 1. The van der Waals surface area contributed by atoms with Crippen molar-refractivity contribution < 1.29 is 55.9 Å². The van der Waals surface area contributed by atoms with E-state index in [9.17, 15) is 41.7 Å². The van der Waals surface area contributed by atoms with Crippen LogP contribution in [-0.4, -0.2) is 79.2 Å². The fraction of sp³-hybridized carbons (Fsp3) is 0.410. The predicted octanol–water partition coefficient (Wildman–Crippen LogP) is 9.13. The molecule has 5 aromatic carbocycles. The van der Waals surface area contributed by atoms with Gasteiger partial charge in [-0.3, -0.25) is 33.3 Å². The summed E-state index contributed by atoms with van der Waals surface area (Å²) in [6, 6.07) is 26.7. The number of nitrogens with one attached hydrogen (secondary N) is 2. The fourth-order valence-corrected chi connectivity index (χ4v) is 12.3. The predicted molar refractivity (Wildman–Crippen MR) is 296 cm³/mol. The summed E-state index contributed by atoms with van der Waals surface area (Å²) >= 11 is 0. The van der Waals surface area contributed by atoms with E-state index in [1.165, 1.54) is 12.7 Å². The van der Waals surface area contributed by atoms with Gasteiger partial charge in [0.25, 0.3) is 21.9 Å². The molecule has 0 saturated carbocycles. The Morgan fingerprint density at radius 2 is 1.32 bits per heavy atom. The number of amides is 4. The number of ether oxygens (including phenoxy) is 3. The molecule has 5 atom stereocenters. The third-order valence-corrected chi connectivity index (χ3v) is 16.5. The highest BCUT2D eigenvalue weighted by molar-refractivity contribution is 7.85. The Hall–Kier alpha value is -7.37. The van der Waals surface area contributed by atoms with E-state index in [2.05, 4.69) is 16.7 Å². The van der Waals surface area contributed by atoms with Crippen LogP contribution in [0.3, 0.4) is 0 Å². The molecule has 0 fully saturated rings. The molecule has 3 N–H and O–H groups in total. The largest absolute Gasteiger partial charge is 0.493 e. The summed E-state index contributed by atoms with van der Waals surface area (Å²) in [5.41, 5.74) is 8.57. The maximum Gasteiger partial charge on any atom is 0.265 e. The molecule has 0 radical (unpaired) electrons. The molecular weight excluding hydrogens is 1010 g/mol. The quantitative estimate of drug-likeness (QED) is 0.0463. The minimum Gasteiger partial charge on any atom is -0.493 e. The number of benzene rings is 5. The van der Waals surface area contributed by atoms with E-state index < -0.39 is 45.7 Å². The maximum absolute atomic E-state index is 14.5. The third kappa shape index (κ3) is 12.3. The van der Waals surface area contributed by atoms with Gasteiger partial charge in [-0.25, -0.2) is 0 Å². The van der Waals surface area contributed by atoms with E-state index in [0.717, 1.165) is 35.2 Å². The van der Waals surface area contributed by atoms with Crippen LogP contribution in [0, 0.1) is 24.7 Å². The van der Waals surface area contributed by atoms with Crippen molar-refractivity contribution in [3.05, 3.63) is 141 Å². The highest BCUT2D eigenvalue weighted by Crippen LogP contribution is 2.44. The first-order chi connectivity index (χ1) is 37.2. The van der Waals surface area contributed by atoms with Gasteiger partial charge in [0.1, 0.15) is 24.7 Å². The average Bonchev–Trinajstić information content (AvgIpc) is 3.96. The van der Waals surface area contributed by atoms with E-state index in [1.54, 1.807) is 43.0 Å². The van der Waals surface area contributed by atoms with Gasteiger partial charge in [0, 0.05) is 77.3 Å². The van der Waals surface area contributed by atoms with Crippen LogP contribution < -0.4 is 34.6 Å². The lowest BCUT2D eigenvalue weighted by molar-refractivity contribution is -0.129. The monoisotopic (exact) mass is 1080 g/mol. The number of hydrogen-bond acceptors (Lipinski definition) is 11. The zero-order valence-corrected chi connectivity index (χ0v) is 45.9. The van der Waals surface area contributed by atoms with Crippen molar-refractivity contribution in [2.75, 3.05) is 28.0 Å². The summed E-state index contributed by atoms with van der Waals surface area (Å²) in [6.45, 7) is 8.82. The van der Waals surface area contributed by atoms with Crippen LogP contribution in [-0.2, 0) is 68.2 Å². The van der Waals surface area contributed by atoms with Gasteiger partial charge >= 0.3 is 0 Å². The molecule has 0 aliphatic carbocycles. The Kier molecular flexibility index (Phi) is 16.5. The summed E-state index contributed by atoms with van der Waals surface area (Å²) in [7, 11) is -2.98. The molecule has 4 heterocycles. The second-order valence-corrected chi connectivity index (χ2v) is 23.2. The molecule has 410 valence electrons. The van der Waals surface area contributed by atoms with Gasteiger partial charge in [-0.05, 0) is 152 Å². The van der Waals surface area contributed by atoms with Gasteiger partial charge < -0.3 is 34.6 Å². The molecule has 5 aromatic rings. The standard InChI is InChI=1S/C61H68N4O12S/c1-35(2)53(66)17-11-12-18-58(68)62-38(5)54(67)22-37(4)59(69)63-46-24-39(32-76-55-29-41-19-20-47-27-42-13-7-9-15-50(42)64(47)60(70)48(41)21-36(55)3)23-40(25-46)33-77-57-30-44-26-45(34-78(72,73)74)52-28-43-14-8-10-16-51(43)65(52)61(71)49(44)31-56(57)75-6/h7-10,13-16,21,23-25,29-31,35,37-38,45,47,52H,11-12,17-20,22,26-28,32-34H2,1-6H3,(H,62,68)(H,63,69)(H,72,73,74)/t37-,38+,45?,47-,52+/m1/s1. The molecule has 17 heteroatoms. The summed E-state index contributed by atoms with van der Waals surface area (Å²) in [5.74, 6) is -2.17. The Morgan fingerprint density at radius 3 is 2.00 bits per heavy atom. The number of carbonyl (C=O) groups is 6. The normalized spacial score (nSPS) is 18.0. The molecule has 0 spiro atoms. The maximum atomic E-state index is 14.5. The topological polar surface area (TPSA) is 215 Å². The Morgan fingerprint density at radius 1 is 0.705 bits per heavy atom. The van der Waals surface area contributed by atoms with E-state index >= 15 is 0 Å². The van der Waals surface area contributed by atoms with Crippen LogP contribution >= 0.6 is 0 Å². The Labute approximate surface area is 456 Å². The molecule has 0 saturated heterocycles. The minimum atomic E-state index is -4.43. The van der Waals surface area contributed by atoms with Crippen molar-refractivity contribution in [2.24, 2.45) is 17.8 Å². The van der Waals surface area contributed by atoms with Crippen molar-refractivity contribution in [3.63, 3.8) is 0 Å². The molecule has 9 rings (SSSR count). The first-order valence-electron chi connectivity index (χ1n) is 26.9. The summed E-state index contributed by atoms with van der Waals surface area (Å²) < 4.78 is 53.8. The van der Waals surface area contributed by atoms with Crippen molar-refractivity contribution in [1.82, 2.24) is 5.32 Å². The van der Waals surface area contributed by atoms with Crippen LogP contribution in [0.1, 0.15) is 126 Å². The Bertz CT molecular complexity index is 3300. The number of methoxy groups -OCH3 is 1. The number of para-hydroxylation sites is 2. The minimum absolute atomic E-state index is 0.0281. The van der Waals surface area contributed by atoms with Gasteiger partial charge in [-0.1, -0.05) is 57.2 Å². The first-order valence-corrected chi connectivity index (χ1v) is 28.5. The third-order valence-electron chi connectivity index (χ3n) is 15.6. The van der Waals surface area contributed by atoms with Gasteiger partial charge in [0.05, 0.1) is 18.9 Å².